The molecule has 7 heteroatoms. The number of amides is 1. The Morgan fingerprint density at radius 3 is 2.71 bits per heavy atom. The third-order valence-electron chi connectivity index (χ3n) is 3.30. The van der Waals surface area contributed by atoms with Crippen LogP contribution in [-0.4, -0.2) is 24.2 Å². The number of benzene rings is 1. The minimum Gasteiger partial charge on any atom is -0.351 e. The van der Waals surface area contributed by atoms with Crippen LogP contribution in [0.15, 0.2) is 18.2 Å². The van der Waals surface area contributed by atoms with Crippen LogP contribution in [0.1, 0.15) is 18.4 Å². The summed E-state index contributed by atoms with van der Waals surface area (Å²) < 4.78 is 0. The topological polar surface area (TPSA) is 55.1 Å². The number of nitrogens with one attached hydrogen (secondary N) is 1. The maximum Gasteiger partial charge on any atom is 0.230 e. The molecule has 118 valence electrons. The number of thioether (sulfide) groups is 1. The zero-order valence-corrected chi connectivity index (χ0v) is 14.6. The molecule has 1 amide bonds. The summed E-state index contributed by atoms with van der Waals surface area (Å²) in [5.74, 6) is 1.74. The molecule has 1 fully saturated rings. The van der Waals surface area contributed by atoms with Gasteiger partial charge in [-0.15, -0.1) is 24.2 Å². The minimum absolute atomic E-state index is 0. The van der Waals surface area contributed by atoms with Gasteiger partial charge in [-0.1, -0.05) is 29.3 Å². The van der Waals surface area contributed by atoms with E-state index in [-0.39, 0.29) is 24.4 Å². The highest BCUT2D eigenvalue weighted by molar-refractivity contribution is 7.99. The summed E-state index contributed by atoms with van der Waals surface area (Å²) in [7, 11) is 0. The van der Waals surface area contributed by atoms with Gasteiger partial charge in [0.15, 0.2) is 0 Å². The smallest absolute Gasteiger partial charge is 0.230 e. The molecule has 0 aromatic heterocycles. The minimum atomic E-state index is 0. The molecule has 3 N–H and O–H groups in total. The van der Waals surface area contributed by atoms with Crippen molar-refractivity contribution in [1.82, 2.24) is 5.32 Å². The van der Waals surface area contributed by atoms with Crippen molar-refractivity contribution < 1.29 is 4.79 Å². The molecule has 2 rings (SSSR count). The molecule has 1 aromatic carbocycles. The van der Waals surface area contributed by atoms with Crippen LogP contribution < -0.4 is 11.1 Å². The highest BCUT2D eigenvalue weighted by Gasteiger charge is 2.31. The second-order valence-corrected chi connectivity index (χ2v) is 6.80. The van der Waals surface area contributed by atoms with Gasteiger partial charge in [0.2, 0.25) is 5.91 Å². The molecule has 21 heavy (non-hydrogen) atoms. The fourth-order valence-corrected chi connectivity index (χ4v) is 3.41. The highest BCUT2D eigenvalue weighted by atomic mass is 35.5. The Labute approximate surface area is 145 Å². The number of hydrogen-bond acceptors (Lipinski definition) is 3. The summed E-state index contributed by atoms with van der Waals surface area (Å²) in [6.07, 6.45) is 2.35. The van der Waals surface area contributed by atoms with Crippen molar-refractivity contribution in [1.29, 1.82) is 0 Å². The summed E-state index contributed by atoms with van der Waals surface area (Å²) in [5, 5.41) is 4.26. The van der Waals surface area contributed by atoms with Gasteiger partial charge in [-0.05, 0) is 36.5 Å². The van der Waals surface area contributed by atoms with E-state index >= 15 is 0 Å². The third kappa shape index (κ3) is 6.25. The van der Waals surface area contributed by atoms with E-state index in [1.807, 2.05) is 6.07 Å². The Hall–Kier alpha value is -0.130. The van der Waals surface area contributed by atoms with Gasteiger partial charge in [0.1, 0.15) is 0 Å². The first kappa shape index (κ1) is 18.9. The van der Waals surface area contributed by atoms with Crippen LogP contribution in [0.4, 0.5) is 0 Å². The lowest BCUT2D eigenvalue weighted by atomic mass is 10.2. The van der Waals surface area contributed by atoms with E-state index in [1.54, 1.807) is 12.1 Å². The lowest BCUT2D eigenvalue weighted by Gasteiger charge is -2.15. The maximum atomic E-state index is 11.8. The number of nitrogens with two attached hydrogens (primary N) is 1. The molecule has 1 saturated carbocycles. The molecule has 0 heterocycles. The van der Waals surface area contributed by atoms with E-state index in [2.05, 4.69) is 5.32 Å². The molecule has 0 spiro atoms. The predicted octanol–water partition coefficient (Wildman–Crippen LogP) is 3.50. The van der Waals surface area contributed by atoms with Gasteiger partial charge in [-0.25, -0.2) is 0 Å². The fourth-order valence-electron chi connectivity index (χ4n) is 2.01. The molecule has 1 aliphatic carbocycles. The van der Waals surface area contributed by atoms with Gasteiger partial charge < -0.3 is 11.1 Å². The van der Waals surface area contributed by atoms with Crippen molar-refractivity contribution in [3.63, 3.8) is 0 Å². The van der Waals surface area contributed by atoms with Gasteiger partial charge in [0.25, 0.3) is 0 Å². The van der Waals surface area contributed by atoms with E-state index in [1.165, 1.54) is 24.6 Å². The molecule has 1 atom stereocenters. The van der Waals surface area contributed by atoms with Crippen molar-refractivity contribution in [2.75, 3.05) is 12.3 Å². The molecule has 3 nitrogen and oxygen atoms in total. The first-order valence-electron chi connectivity index (χ1n) is 6.61. The number of carbonyl (C=O) groups excluding carboxylic acids is 1. The molecule has 0 aliphatic heterocycles. The summed E-state index contributed by atoms with van der Waals surface area (Å²) in [6.45, 7) is 0.518. The Morgan fingerprint density at radius 2 is 2.14 bits per heavy atom. The average Bonchev–Trinajstić information content (AvgIpc) is 3.23. The summed E-state index contributed by atoms with van der Waals surface area (Å²) in [4.78, 5) is 11.8. The zero-order valence-electron chi connectivity index (χ0n) is 11.5. The Balaban J connectivity index is 0.00000220. The quantitative estimate of drug-likeness (QED) is 0.773. The van der Waals surface area contributed by atoms with E-state index in [9.17, 15) is 4.79 Å². The van der Waals surface area contributed by atoms with Crippen LogP contribution >= 0.6 is 47.4 Å². The molecule has 0 saturated heterocycles. The second-order valence-electron chi connectivity index (χ2n) is 4.98. The van der Waals surface area contributed by atoms with Gasteiger partial charge in [-0.3, -0.25) is 4.79 Å². The lowest BCUT2D eigenvalue weighted by Crippen LogP contribution is -2.42. The second kappa shape index (κ2) is 9.11. The standard InChI is InChI=1S/C14H18Cl2N2OS.ClH/c15-11-4-3-10(12(16)5-11)7-20-8-14(19)18-13(6-17)9-1-2-9;/h3-5,9,13H,1-2,6-8,17H2,(H,18,19);1H. The molecule has 0 bridgehead atoms. The summed E-state index contributed by atoms with van der Waals surface area (Å²) in [6, 6.07) is 5.56. The van der Waals surface area contributed by atoms with E-state index in [0.29, 0.717) is 34.0 Å². The average molecular weight is 370 g/mol. The summed E-state index contributed by atoms with van der Waals surface area (Å²) >= 11 is 13.5. The molecule has 0 radical (unpaired) electrons. The van der Waals surface area contributed by atoms with Crippen LogP contribution in [0.2, 0.25) is 10.0 Å². The third-order valence-corrected chi connectivity index (χ3v) is 4.87. The van der Waals surface area contributed by atoms with Crippen molar-refractivity contribution in [3.8, 4) is 0 Å². The van der Waals surface area contributed by atoms with Gasteiger partial charge in [0, 0.05) is 28.4 Å². The van der Waals surface area contributed by atoms with Gasteiger partial charge in [0.05, 0.1) is 5.75 Å². The molecule has 1 aliphatic rings. The lowest BCUT2D eigenvalue weighted by molar-refractivity contribution is -0.119. The maximum absolute atomic E-state index is 11.8. The molecular formula is C14H19Cl3N2OS. The number of halogens is 3. The van der Waals surface area contributed by atoms with Crippen molar-refractivity contribution in [2.24, 2.45) is 11.7 Å². The number of rotatable bonds is 7. The number of carbonyl (C=O) groups is 1. The van der Waals surface area contributed by atoms with Crippen molar-refractivity contribution in [3.05, 3.63) is 33.8 Å². The first-order valence-corrected chi connectivity index (χ1v) is 8.52. The molecule has 1 aromatic rings. The molecular weight excluding hydrogens is 351 g/mol. The largest absolute Gasteiger partial charge is 0.351 e. The normalized spacial score (nSPS) is 15.2. The van der Waals surface area contributed by atoms with E-state index in [4.69, 9.17) is 28.9 Å². The predicted molar refractivity (Wildman–Crippen MR) is 93.6 cm³/mol. The van der Waals surface area contributed by atoms with Gasteiger partial charge in [-0.2, -0.15) is 0 Å². The SMILES string of the molecule is Cl.NCC(NC(=O)CSCc1ccc(Cl)cc1Cl)C1CC1. The first-order chi connectivity index (χ1) is 9.60. The van der Waals surface area contributed by atoms with Crippen LogP contribution in [0.3, 0.4) is 0 Å². The van der Waals surface area contributed by atoms with E-state index in [0.717, 1.165) is 5.56 Å². The van der Waals surface area contributed by atoms with Crippen LogP contribution in [0, 0.1) is 5.92 Å². The van der Waals surface area contributed by atoms with Gasteiger partial charge >= 0.3 is 0 Å². The highest BCUT2D eigenvalue weighted by Crippen LogP contribution is 2.32. The fraction of sp³-hybridized carbons (Fsp3) is 0.500. The monoisotopic (exact) mass is 368 g/mol. The Bertz CT molecular complexity index is 483. The Kier molecular flexibility index (Phi) is 8.21. The zero-order chi connectivity index (χ0) is 14.5. The Morgan fingerprint density at radius 1 is 1.43 bits per heavy atom. The summed E-state index contributed by atoms with van der Waals surface area (Å²) in [5.41, 5.74) is 6.66. The van der Waals surface area contributed by atoms with E-state index < -0.39 is 0 Å². The van der Waals surface area contributed by atoms with Crippen molar-refractivity contribution in [2.45, 2.75) is 24.6 Å². The van der Waals surface area contributed by atoms with Crippen LogP contribution in [0.5, 0.6) is 0 Å². The van der Waals surface area contributed by atoms with Crippen LogP contribution in [0.25, 0.3) is 0 Å². The van der Waals surface area contributed by atoms with Crippen LogP contribution in [-0.2, 0) is 10.5 Å². The number of hydrogen-bond donors (Lipinski definition) is 2. The van der Waals surface area contributed by atoms with Crippen molar-refractivity contribution >= 4 is 53.3 Å². The molecule has 1 unspecified atom stereocenters.